The number of rotatable bonds is 7. The topological polar surface area (TPSA) is 54.0 Å². The van der Waals surface area contributed by atoms with Crippen molar-refractivity contribution < 1.29 is 23.7 Å². The molecule has 0 N–H and O–H groups in total. The maximum Gasteiger partial charge on any atom is 0.231 e. The summed E-state index contributed by atoms with van der Waals surface area (Å²) in [5.74, 6) is 1.96. The number of hydrogen-bond acceptors (Lipinski definition) is 5. The van der Waals surface area contributed by atoms with Crippen LogP contribution in [0, 0.1) is 0 Å². The Morgan fingerprint density at radius 3 is 2.57 bits per heavy atom. The Labute approximate surface area is 163 Å². The molecule has 1 atom stereocenters. The molecule has 0 aromatic heterocycles. The van der Waals surface area contributed by atoms with E-state index < -0.39 is 0 Å². The monoisotopic (exact) mass is 376 g/mol. The highest BCUT2D eigenvalue weighted by molar-refractivity contribution is 5.76. The van der Waals surface area contributed by atoms with Gasteiger partial charge in [0.2, 0.25) is 6.79 Å². The van der Waals surface area contributed by atoms with Gasteiger partial charge < -0.3 is 18.9 Å². The summed E-state index contributed by atoms with van der Waals surface area (Å²) in [7, 11) is 1.58. The minimum atomic E-state index is -0.151. The molecule has 28 heavy (non-hydrogen) atoms. The summed E-state index contributed by atoms with van der Waals surface area (Å²) < 4.78 is 21.9. The second-order valence-corrected chi connectivity index (χ2v) is 6.42. The molecule has 4 rings (SSSR count). The van der Waals surface area contributed by atoms with E-state index in [2.05, 4.69) is 12.1 Å². The number of carbonyl (C=O) groups excluding carboxylic acids is 1. The fraction of sp³-hybridized carbons (Fsp3) is 0.174. The van der Waals surface area contributed by atoms with Crippen molar-refractivity contribution in [3.63, 3.8) is 0 Å². The predicted molar refractivity (Wildman–Crippen MR) is 104 cm³/mol. The van der Waals surface area contributed by atoms with Crippen LogP contribution in [0.2, 0.25) is 0 Å². The zero-order valence-electron chi connectivity index (χ0n) is 15.5. The van der Waals surface area contributed by atoms with Gasteiger partial charge in [0.25, 0.3) is 0 Å². The van der Waals surface area contributed by atoms with E-state index in [0.717, 1.165) is 28.7 Å². The van der Waals surface area contributed by atoms with E-state index in [-0.39, 0.29) is 19.5 Å². The summed E-state index contributed by atoms with van der Waals surface area (Å²) in [5.41, 5.74) is 3.56. The molecule has 5 heteroatoms. The SMILES string of the molecule is COCOc1ccc(C=O)cc1C(c1ccccc1)c1ccc2c(c1)OCO2. The van der Waals surface area contributed by atoms with E-state index >= 15 is 0 Å². The highest BCUT2D eigenvalue weighted by Crippen LogP contribution is 2.41. The van der Waals surface area contributed by atoms with Crippen molar-refractivity contribution in [2.24, 2.45) is 0 Å². The minimum Gasteiger partial charge on any atom is -0.467 e. The lowest BCUT2D eigenvalue weighted by Gasteiger charge is -2.22. The first-order valence-electron chi connectivity index (χ1n) is 8.95. The maximum absolute atomic E-state index is 11.4. The molecule has 0 radical (unpaired) electrons. The van der Waals surface area contributed by atoms with Gasteiger partial charge in [0, 0.05) is 24.2 Å². The molecule has 0 saturated heterocycles. The number of fused-ring (bicyclic) bond motifs is 1. The molecule has 1 aliphatic heterocycles. The molecular weight excluding hydrogens is 356 g/mol. The molecular formula is C23H20O5. The Kier molecular flexibility index (Phi) is 5.26. The fourth-order valence-corrected chi connectivity index (χ4v) is 3.41. The Hall–Kier alpha value is -3.31. The lowest BCUT2D eigenvalue weighted by atomic mass is 9.84. The lowest BCUT2D eigenvalue weighted by Crippen LogP contribution is -2.09. The molecule has 1 heterocycles. The largest absolute Gasteiger partial charge is 0.467 e. The van der Waals surface area contributed by atoms with Crippen LogP contribution in [-0.4, -0.2) is 27.0 Å². The van der Waals surface area contributed by atoms with Gasteiger partial charge in [-0.05, 0) is 41.5 Å². The number of ether oxygens (including phenoxy) is 4. The van der Waals surface area contributed by atoms with Gasteiger partial charge in [0.05, 0.1) is 0 Å². The van der Waals surface area contributed by atoms with Crippen molar-refractivity contribution in [2.45, 2.75) is 5.92 Å². The Morgan fingerprint density at radius 2 is 1.79 bits per heavy atom. The van der Waals surface area contributed by atoms with Gasteiger partial charge in [-0.2, -0.15) is 0 Å². The van der Waals surface area contributed by atoms with Gasteiger partial charge in [-0.15, -0.1) is 0 Å². The van der Waals surface area contributed by atoms with Crippen molar-refractivity contribution in [1.82, 2.24) is 0 Å². The van der Waals surface area contributed by atoms with Crippen LogP contribution in [0.3, 0.4) is 0 Å². The van der Waals surface area contributed by atoms with Crippen molar-refractivity contribution in [2.75, 3.05) is 20.7 Å². The molecule has 3 aromatic carbocycles. The van der Waals surface area contributed by atoms with Gasteiger partial charge in [0.15, 0.2) is 18.3 Å². The van der Waals surface area contributed by atoms with Gasteiger partial charge in [-0.25, -0.2) is 0 Å². The zero-order chi connectivity index (χ0) is 19.3. The van der Waals surface area contributed by atoms with E-state index in [1.807, 2.05) is 42.5 Å². The average Bonchev–Trinajstić information content (AvgIpc) is 3.22. The van der Waals surface area contributed by atoms with Crippen LogP contribution < -0.4 is 14.2 Å². The molecule has 0 amide bonds. The summed E-state index contributed by atoms with van der Waals surface area (Å²) in [4.78, 5) is 11.4. The summed E-state index contributed by atoms with van der Waals surface area (Å²) in [6.07, 6.45) is 0.839. The van der Waals surface area contributed by atoms with E-state index in [4.69, 9.17) is 18.9 Å². The summed E-state index contributed by atoms with van der Waals surface area (Å²) in [6, 6.07) is 21.4. The van der Waals surface area contributed by atoms with Crippen LogP contribution in [0.5, 0.6) is 17.2 Å². The smallest absolute Gasteiger partial charge is 0.231 e. The Morgan fingerprint density at radius 1 is 0.964 bits per heavy atom. The van der Waals surface area contributed by atoms with Gasteiger partial charge >= 0.3 is 0 Å². The highest BCUT2D eigenvalue weighted by atomic mass is 16.7. The van der Waals surface area contributed by atoms with E-state index in [1.165, 1.54) is 0 Å². The quantitative estimate of drug-likeness (QED) is 0.348. The van der Waals surface area contributed by atoms with Crippen LogP contribution in [0.15, 0.2) is 66.7 Å². The Balaban J connectivity index is 1.88. The second kappa shape index (κ2) is 8.15. The summed E-state index contributed by atoms with van der Waals surface area (Å²) >= 11 is 0. The lowest BCUT2D eigenvalue weighted by molar-refractivity contribution is 0.0503. The Bertz CT molecular complexity index is 968. The van der Waals surface area contributed by atoms with Crippen LogP contribution >= 0.6 is 0 Å². The molecule has 1 unspecified atom stereocenters. The number of benzene rings is 3. The van der Waals surface area contributed by atoms with Crippen LogP contribution in [0.1, 0.15) is 33.0 Å². The third kappa shape index (κ3) is 3.57. The third-order valence-corrected chi connectivity index (χ3v) is 4.68. The van der Waals surface area contributed by atoms with E-state index in [9.17, 15) is 4.79 Å². The first kappa shape index (κ1) is 18.1. The molecule has 5 nitrogen and oxygen atoms in total. The molecule has 142 valence electrons. The molecule has 0 fully saturated rings. The van der Waals surface area contributed by atoms with Crippen LogP contribution in [0.4, 0.5) is 0 Å². The van der Waals surface area contributed by atoms with Gasteiger partial charge in [-0.1, -0.05) is 36.4 Å². The van der Waals surface area contributed by atoms with Crippen molar-refractivity contribution >= 4 is 6.29 Å². The van der Waals surface area contributed by atoms with Crippen molar-refractivity contribution in [1.29, 1.82) is 0 Å². The van der Waals surface area contributed by atoms with Gasteiger partial charge in [0.1, 0.15) is 12.0 Å². The van der Waals surface area contributed by atoms with Crippen molar-refractivity contribution in [3.8, 4) is 17.2 Å². The number of carbonyl (C=O) groups is 1. The predicted octanol–water partition coefficient (Wildman–Crippen LogP) is 4.39. The first-order chi connectivity index (χ1) is 13.8. The molecule has 0 saturated carbocycles. The number of hydrogen-bond donors (Lipinski definition) is 0. The summed E-state index contributed by atoms with van der Waals surface area (Å²) in [5, 5.41) is 0. The molecule has 0 spiro atoms. The molecule has 0 bridgehead atoms. The normalized spacial score (nSPS) is 13.2. The molecule has 1 aliphatic rings. The number of methoxy groups -OCH3 is 1. The molecule has 0 aliphatic carbocycles. The first-order valence-corrected chi connectivity index (χ1v) is 8.95. The van der Waals surface area contributed by atoms with Crippen LogP contribution in [0.25, 0.3) is 0 Å². The van der Waals surface area contributed by atoms with Crippen molar-refractivity contribution in [3.05, 3.63) is 89.0 Å². The fourth-order valence-electron chi connectivity index (χ4n) is 3.41. The standard InChI is InChI=1S/C23H20O5/c1-25-14-26-20-9-7-16(13-24)11-19(20)23(17-5-3-2-4-6-17)18-8-10-21-22(12-18)28-15-27-21/h2-13,23H,14-15H2,1H3. The number of aldehydes is 1. The van der Waals surface area contributed by atoms with E-state index in [1.54, 1.807) is 19.2 Å². The second-order valence-electron chi connectivity index (χ2n) is 6.42. The van der Waals surface area contributed by atoms with Crippen LogP contribution in [-0.2, 0) is 4.74 Å². The van der Waals surface area contributed by atoms with E-state index in [0.29, 0.717) is 17.1 Å². The summed E-state index contributed by atoms with van der Waals surface area (Å²) in [6.45, 7) is 0.341. The average molecular weight is 376 g/mol. The highest BCUT2D eigenvalue weighted by Gasteiger charge is 2.24. The minimum absolute atomic E-state index is 0.121. The maximum atomic E-state index is 11.4. The zero-order valence-corrected chi connectivity index (χ0v) is 15.5. The van der Waals surface area contributed by atoms with Gasteiger partial charge in [-0.3, -0.25) is 4.79 Å². The third-order valence-electron chi connectivity index (χ3n) is 4.68. The molecule has 3 aromatic rings.